The van der Waals surface area contributed by atoms with Gasteiger partial charge in [-0.25, -0.2) is 14.4 Å². The number of fused-ring (bicyclic) bond motifs is 1. The highest BCUT2D eigenvalue weighted by molar-refractivity contribution is 6.31. The Morgan fingerprint density at radius 1 is 0.967 bits per heavy atom. The first kappa shape index (κ1) is 19.8. The first-order chi connectivity index (χ1) is 14.6. The molecule has 0 spiro atoms. The van der Waals surface area contributed by atoms with Crippen LogP contribution >= 0.6 is 11.6 Å². The molecule has 4 aromatic rings. The van der Waals surface area contributed by atoms with Crippen molar-refractivity contribution in [2.75, 3.05) is 17.2 Å². The van der Waals surface area contributed by atoms with E-state index < -0.39 is 0 Å². The van der Waals surface area contributed by atoms with Gasteiger partial charge in [-0.2, -0.15) is 0 Å². The van der Waals surface area contributed by atoms with Gasteiger partial charge in [-0.3, -0.25) is 4.79 Å². The molecule has 4 rings (SSSR count). The van der Waals surface area contributed by atoms with Crippen LogP contribution in [-0.4, -0.2) is 22.4 Å². The van der Waals surface area contributed by atoms with Gasteiger partial charge in [-0.15, -0.1) is 0 Å². The fourth-order valence-corrected chi connectivity index (χ4v) is 3.17. The van der Waals surface area contributed by atoms with Gasteiger partial charge in [-0.05, 0) is 42.5 Å². The summed E-state index contributed by atoms with van der Waals surface area (Å²) in [5, 5.41) is 7.37. The van der Waals surface area contributed by atoms with Crippen LogP contribution in [-0.2, 0) is 4.79 Å². The van der Waals surface area contributed by atoms with Gasteiger partial charge in [0.05, 0.1) is 5.52 Å². The van der Waals surface area contributed by atoms with Crippen molar-refractivity contribution in [2.24, 2.45) is 0 Å². The minimum absolute atomic E-state index is 0.182. The van der Waals surface area contributed by atoms with Crippen LogP contribution in [0, 0.1) is 5.82 Å². The van der Waals surface area contributed by atoms with Crippen LogP contribution in [0.2, 0.25) is 5.02 Å². The van der Waals surface area contributed by atoms with Crippen molar-refractivity contribution in [3.8, 4) is 11.4 Å². The lowest BCUT2D eigenvalue weighted by molar-refractivity contribution is -0.115. The summed E-state index contributed by atoms with van der Waals surface area (Å²) in [4.78, 5) is 21.5. The lowest BCUT2D eigenvalue weighted by Crippen LogP contribution is -2.17. The van der Waals surface area contributed by atoms with Gasteiger partial charge in [0.2, 0.25) is 5.91 Å². The molecular weight excluding hydrogens is 403 g/mol. The van der Waals surface area contributed by atoms with E-state index in [2.05, 4.69) is 20.6 Å². The number of aromatic nitrogens is 2. The third kappa shape index (κ3) is 4.72. The van der Waals surface area contributed by atoms with Gasteiger partial charge in [0, 0.05) is 34.6 Å². The average Bonchev–Trinajstić information content (AvgIpc) is 2.75. The molecule has 0 unspecified atom stereocenters. The smallest absolute Gasteiger partial charge is 0.226 e. The molecule has 0 aliphatic rings. The molecule has 0 aliphatic carbocycles. The van der Waals surface area contributed by atoms with Crippen molar-refractivity contribution in [3.05, 3.63) is 83.6 Å². The molecule has 1 aromatic heterocycles. The molecule has 0 bridgehead atoms. The van der Waals surface area contributed by atoms with Crippen molar-refractivity contribution in [1.29, 1.82) is 0 Å². The Kier molecular flexibility index (Phi) is 5.86. The summed E-state index contributed by atoms with van der Waals surface area (Å²) in [6, 6.07) is 20.7. The highest BCUT2D eigenvalue weighted by Crippen LogP contribution is 2.27. The number of anilines is 2. The van der Waals surface area contributed by atoms with Crippen LogP contribution in [0.1, 0.15) is 6.42 Å². The second-order valence-electron chi connectivity index (χ2n) is 6.66. The van der Waals surface area contributed by atoms with Crippen molar-refractivity contribution in [1.82, 2.24) is 9.97 Å². The zero-order chi connectivity index (χ0) is 20.9. The largest absolute Gasteiger partial charge is 0.369 e. The van der Waals surface area contributed by atoms with E-state index in [1.807, 2.05) is 36.4 Å². The maximum absolute atomic E-state index is 13.0. The Bertz CT molecular complexity index is 1180. The molecule has 30 heavy (non-hydrogen) atoms. The van der Waals surface area contributed by atoms with Crippen molar-refractivity contribution in [2.45, 2.75) is 6.42 Å². The highest BCUT2D eigenvalue weighted by atomic mass is 35.5. The molecule has 0 aliphatic heterocycles. The molecule has 2 N–H and O–H groups in total. The molecule has 150 valence electrons. The van der Waals surface area contributed by atoms with Crippen LogP contribution in [0.25, 0.3) is 22.3 Å². The summed E-state index contributed by atoms with van der Waals surface area (Å²) < 4.78 is 13.0. The summed E-state index contributed by atoms with van der Waals surface area (Å²) in [5.41, 5.74) is 2.15. The highest BCUT2D eigenvalue weighted by Gasteiger charge is 2.11. The SMILES string of the molecule is O=C(CCNc1nc(-c2ccccc2)nc2cc(Cl)ccc12)Nc1ccc(F)cc1. The normalized spacial score (nSPS) is 10.7. The topological polar surface area (TPSA) is 66.9 Å². The molecule has 1 amide bonds. The summed E-state index contributed by atoms with van der Waals surface area (Å²) in [6.45, 7) is 0.371. The minimum Gasteiger partial charge on any atom is -0.369 e. The second kappa shape index (κ2) is 8.88. The van der Waals surface area contributed by atoms with E-state index in [0.29, 0.717) is 28.9 Å². The number of hydrogen-bond donors (Lipinski definition) is 2. The number of rotatable bonds is 6. The Labute approximate surface area is 177 Å². The predicted molar refractivity (Wildman–Crippen MR) is 118 cm³/mol. The first-order valence-corrected chi connectivity index (χ1v) is 9.78. The minimum atomic E-state index is -0.348. The zero-order valence-electron chi connectivity index (χ0n) is 15.9. The first-order valence-electron chi connectivity index (χ1n) is 9.40. The quantitative estimate of drug-likeness (QED) is 0.430. The molecule has 3 aromatic carbocycles. The monoisotopic (exact) mass is 420 g/mol. The Morgan fingerprint density at radius 3 is 2.50 bits per heavy atom. The van der Waals surface area contributed by atoms with Crippen LogP contribution in [0.3, 0.4) is 0 Å². The molecular formula is C23H18ClFN4O. The van der Waals surface area contributed by atoms with Crippen molar-refractivity contribution >= 4 is 39.9 Å². The van der Waals surface area contributed by atoms with E-state index in [4.69, 9.17) is 11.6 Å². The number of carbonyl (C=O) groups is 1. The fourth-order valence-electron chi connectivity index (χ4n) is 3.00. The number of nitrogens with zero attached hydrogens (tertiary/aromatic N) is 2. The summed E-state index contributed by atoms with van der Waals surface area (Å²) in [6.07, 6.45) is 0.219. The van der Waals surface area contributed by atoms with E-state index in [1.54, 1.807) is 12.1 Å². The fraction of sp³-hybridized carbons (Fsp3) is 0.0870. The lowest BCUT2D eigenvalue weighted by atomic mass is 10.2. The number of nitrogens with one attached hydrogen (secondary N) is 2. The molecule has 7 heteroatoms. The Hall–Kier alpha value is -3.51. The number of benzene rings is 3. The van der Waals surface area contributed by atoms with Crippen molar-refractivity contribution < 1.29 is 9.18 Å². The maximum atomic E-state index is 13.0. The number of hydrogen-bond acceptors (Lipinski definition) is 4. The predicted octanol–water partition coefficient (Wildman–Crippen LogP) is 5.53. The number of carbonyl (C=O) groups excluding carboxylic acids is 1. The van der Waals surface area contributed by atoms with Gasteiger partial charge in [-0.1, -0.05) is 41.9 Å². The number of amides is 1. The third-order valence-corrected chi connectivity index (χ3v) is 4.70. The molecule has 0 fully saturated rings. The van der Waals surface area contributed by atoms with E-state index in [9.17, 15) is 9.18 Å². The number of halogens is 2. The Morgan fingerprint density at radius 2 is 1.73 bits per heavy atom. The Balaban J connectivity index is 1.51. The van der Waals surface area contributed by atoms with Gasteiger partial charge < -0.3 is 10.6 Å². The third-order valence-electron chi connectivity index (χ3n) is 4.46. The van der Waals surface area contributed by atoms with Crippen LogP contribution in [0.4, 0.5) is 15.9 Å². The molecule has 0 saturated heterocycles. The van der Waals surface area contributed by atoms with Crippen LogP contribution in [0.15, 0.2) is 72.8 Å². The van der Waals surface area contributed by atoms with E-state index in [1.165, 1.54) is 24.3 Å². The molecule has 0 radical (unpaired) electrons. The molecule has 0 saturated carbocycles. The van der Waals surface area contributed by atoms with Crippen LogP contribution < -0.4 is 10.6 Å². The van der Waals surface area contributed by atoms with Gasteiger partial charge in [0.25, 0.3) is 0 Å². The van der Waals surface area contributed by atoms with Crippen LogP contribution in [0.5, 0.6) is 0 Å². The second-order valence-corrected chi connectivity index (χ2v) is 7.09. The molecule has 5 nitrogen and oxygen atoms in total. The standard InChI is InChI=1S/C23H18ClFN4O/c24-16-6-11-19-20(14-16)28-22(15-4-2-1-3-5-15)29-23(19)26-13-12-21(30)27-18-9-7-17(25)8-10-18/h1-11,14H,12-13H2,(H,27,30)(H,26,28,29). The van der Waals surface area contributed by atoms with Crippen molar-refractivity contribution in [3.63, 3.8) is 0 Å². The molecule has 0 atom stereocenters. The van der Waals surface area contributed by atoms with Gasteiger partial charge in [0.15, 0.2) is 5.82 Å². The molecule has 1 heterocycles. The zero-order valence-corrected chi connectivity index (χ0v) is 16.7. The maximum Gasteiger partial charge on any atom is 0.226 e. The van der Waals surface area contributed by atoms with E-state index in [-0.39, 0.29) is 18.1 Å². The van der Waals surface area contributed by atoms with E-state index >= 15 is 0 Å². The van der Waals surface area contributed by atoms with Gasteiger partial charge in [0.1, 0.15) is 11.6 Å². The lowest BCUT2D eigenvalue weighted by Gasteiger charge is -2.11. The summed E-state index contributed by atoms with van der Waals surface area (Å²) >= 11 is 6.14. The average molecular weight is 421 g/mol. The van der Waals surface area contributed by atoms with E-state index in [0.717, 1.165) is 16.5 Å². The summed E-state index contributed by atoms with van der Waals surface area (Å²) in [5.74, 6) is 0.673. The summed E-state index contributed by atoms with van der Waals surface area (Å²) in [7, 11) is 0. The van der Waals surface area contributed by atoms with Gasteiger partial charge >= 0.3 is 0 Å².